The zero-order valence-corrected chi connectivity index (χ0v) is 17.5. The van der Waals surface area contributed by atoms with Gasteiger partial charge in [0.15, 0.2) is 0 Å². The number of rotatable bonds is 4. The molecule has 2 aromatic rings. The molecule has 0 radical (unpaired) electrons. The number of nitrogens with zero attached hydrogens (tertiary/aromatic N) is 2. The molecule has 1 aromatic carbocycles. The highest BCUT2D eigenvalue weighted by atomic mass is 32.2. The monoisotopic (exact) mass is 417 g/mol. The molecule has 0 unspecified atom stereocenters. The molecule has 1 N–H and O–H groups in total. The first-order chi connectivity index (χ1) is 13.9. The van der Waals surface area contributed by atoms with Gasteiger partial charge in [0.05, 0.1) is 10.4 Å². The van der Waals surface area contributed by atoms with Crippen molar-refractivity contribution in [2.24, 2.45) is 7.05 Å². The van der Waals surface area contributed by atoms with Gasteiger partial charge in [-0.2, -0.15) is 4.31 Å². The Bertz CT molecular complexity index is 1090. The summed E-state index contributed by atoms with van der Waals surface area (Å²) in [5.41, 5.74) is 0.232. The van der Waals surface area contributed by atoms with Gasteiger partial charge in [0.1, 0.15) is 5.56 Å². The van der Waals surface area contributed by atoms with Gasteiger partial charge >= 0.3 is 0 Å². The van der Waals surface area contributed by atoms with Crippen molar-refractivity contribution in [1.29, 1.82) is 0 Å². The van der Waals surface area contributed by atoms with Crippen LogP contribution in [0.3, 0.4) is 0 Å². The van der Waals surface area contributed by atoms with E-state index in [-0.39, 0.29) is 27.8 Å². The first-order valence-electron chi connectivity index (χ1n) is 10.3. The molecule has 1 aliphatic heterocycles. The number of hydrogen-bond acceptors (Lipinski definition) is 4. The van der Waals surface area contributed by atoms with Crippen LogP contribution < -0.4 is 10.7 Å². The number of sulfonamides is 1. The topological polar surface area (TPSA) is 88.5 Å². The number of nitrogens with one attached hydrogen (secondary N) is 1. The van der Waals surface area contributed by atoms with Gasteiger partial charge in [0, 0.05) is 37.8 Å². The van der Waals surface area contributed by atoms with E-state index in [4.69, 9.17) is 0 Å². The number of aromatic nitrogens is 1. The number of amides is 1. The molecule has 29 heavy (non-hydrogen) atoms. The largest absolute Gasteiger partial charge is 0.350 e. The maximum Gasteiger partial charge on any atom is 0.256 e. The second kappa shape index (κ2) is 7.91. The van der Waals surface area contributed by atoms with Crippen molar-refractivity contribution in [3.63, 3.8) is 0 Å². The number of carbonyl (C=O) groups excluding carboxylic acids is 1. The van der Waals surface area contributed by atoms with Crippen molar-refractivity contribution < 1.29 is 13.2 Å². The van der Waals surface area contributed by atoms with E-state index in [2.05, 4.69) is 5.32 Å². The highest BCUT2D eigenvalue weighted by Gasteiger charge is 2.28. The molecule has 0 atom stereocenters. The maximum atomic E-state index is 13.1. The third kappa shape index (κ3) is 3.83. The molecule has 1 aliphatic carbocycles. The van der Waals surface area contributed by atoms with Gasteiger partial charge in [0.2, 0.25) is 15.5 Å². The van der Waals surface area contributed by atoms with Gasteiger partial charge in [-0.3, -0.25) is 9.59 Å². The van der Waals surface area contributed by atoms with E-state index < -0.39 is 15.5 Å². The van der Waals surface area contributed by atoms with Crippen LogP contribution in [0.15, 0.2) is 34.1 Å². The Morgan fingerprint density at radius 3 is 2.45 bits per heavy atom. The summed E-state index contributed by atoms with van der Waals surface area (Å²) in [6.45, 7) is 1.00. The van der Waals surface area contributed by atoms with E-state index in [0.29, 0.717) is 18.6 Å². The first-order valence-corrected chi connectivity index (χ1v) is 11.8. The molecule has 2 fully saturated rings. The summed E-state index contributed by atoms with van der Waals surface area (Å²) in [6, 6.07) is 4.70. The number of fused-ring (bicyclic) bond motifs is 1. The minimum absolute atomic E-state index is 0.0568. The van der Waals surface area contributed by atoms with Crippen LogP contribution in [0.4, 0.5) is 0 Å². The summed E-state index contributed by atoms with van der Waals surface area (Å²) in [6.07, 6.45) is 8.43. The third-order valence-electron chi connectivity index (χ3n) is 6.05. The summed E-state index contributed by atoms with van der Waals surface area (Å²) >= 11 is 0. The van der Waals surface area contributed by atoms with Gasteiger partial charge < -0.3 is 9.88 Å². The molecule has 1 saturated carbocycles. The summed E-state index contributed by atoms with van der Waals surface area (Å²) in [7, 11) is -1.87. The van der Waals surface area contributed by atoms with Crippen LogP contribution in [0.2, 0.25) is 0 Å². The van der Waals surface area contributed by atoms with Crippen molar-refractivity contribution in [2.45, 2.75) is 55.9 Å². The van der Waals surface area contributed by atoms with Crippen LogP contribution in [0.1, 0.15) is 55.3 Å². The number of aryl methyl sites for hydroxylation is 1. The predicted molar refractivity (Wildman–Crippen MR) is 112 cm³/mol. The van der Waals surface area contributed by atoms with Gasteiger partial charge in [-0.15, -0.1) is 0 Å². The number of pyridine rings is 1. The van der Waals surface area contributed by atoms with Crippen molar-refractivity contribution in [3.05, 3.63) is 40.2 Å². The van der Waals surface area contributed by atoms with Crippen LogP contribution in [0, 0.1) is 0 Å². The van der Waals surface area contributed by atoms with Crippen LogP contribution in [0.5, 0.6) is 0 Å². The molecule has 1 aromatic heterocycles. The van der Waals surface area contributed by atoms with Gasteiger partial charge in [-0.1, -0.05) is 19.3 Å². The molecular weight excluding hydrogens is 390 g/mol. The average molecular weight is 418 g/mol. The molecule has 0 spiro atoms. The smallest absolute Gasteiger partial charge is 0.256 e. The fourth-order valence-corrected chi connectivity index (χ4v) is 5.93. The van der Waals surface area contributed by atoms with Crippen LogP contribution in [-0.4, -0.2) is 42.3 Å². The van der Waals surface area contributed by atoms with Crippen LogP contribution in [0.25, 0.3) is 10.9 Å². The van der Waals surface area contributed by atoms with Crippen molar-refractivity contribution in [3.8, 4) is 0 Å². The van der Waals surface area contributed by atoms with Crippen molar-refractivity contribution in [2.75, 3.05) is 13.1 Å². The van der Waals surface area contributed by atoms with E-state index in [1.165, 1.54) is 29.1 Å². The molecule has 1 saturated heterocycles. The van der Waals surface area contributed by atoms with Gasteiger partial charge in [-0.05, 0) is 43.9 Å². The van der Waals surface area contributed by atoms with Crippen LogP contribution >= 0.6 is 0 Å². The van der Waals surface area contributed by atoms with Crippen molar-refractivity contribution in [1.82, 2.24) is 14.2 Å². The molecule has 2 aliphatic rings. The predicted octanol–water partition coefficient (Wildman–Crippen LogP) is 2.39. The Morgan fingerprint density at radius 1 is 1.07 bits per heavy atom. The Labute approximate surface area is 170 Å². The highest BCUT2D eigenvalue weighted by molar-refractivity contribution is 7.89. The van der Waals surface area contributed by atoms with E-state index >= 15 is 0 Å². The lowest BCUT2D eigenvalue weighted by atomic mass is 9.95. The molecule has 7 nitrogen and oxygen atoms in total. The van der Waals surface area contributed by atoms with E-state index in [1.807, 2.05) is 0 Å². The lowest BCUT2D eigenvalue weighted by Crippen LogP contribution is -2.38. The minimum Gasteiger partial charge on any atom is -0.350 e. The molecule has 0 bridgehead atoms. The molecule has 1 amide bonds. The summed E-state index contributed by atoms with van der Waals surface area (Å²) < 4.78 is 29.0. The first kappa shape index (κ1) is 20.1. The molecule has 4 rings (SSSR count). The summed E-state index contributed by atoms with van der Waals surface area (Å²) in [4.78, 5) is 26.0. The van der Waals surface area contributed by atoms with E-state index in [9.17, 15) is 18.0 Å². The fourth-order valence-electron chi connectivity index (χ4n) is 4.38. The Kier molecular flexibility index (Phi) is 5.48. The van der Waals surface area contributed by atoms with Crippen LogP contribution in [-0.2, 0) is 17.1 Å². The summed E-state index contributed by atoms with van der Waals surface area (Å²) in [5, 5.41) is 3.23. The SMILES string of the molecule is Cn1cc(C(=O)NC2CCCCC2)c(=O)c2cc(S(=O)(=O)N3CCCC3)ccc21. The Balaban J connectivity index is 1.73. The van der Waals surface area contributed by atoms with Gasteiger partial charge in [-0.25, -0.2) is 8.42 Å². The molecule has 2 heterocycles. The zero-order chi connectivity index (χ0) is 20.6. The number of carbonyl (C=O) groups is 1. The molecule has 8 heteroatoms. The third-order valence-corrected chi connectivity index (χ3v) is 7.94. The summed E-state index contributed by atoms with van der Waals surface area (Å²) in [5.74, 6) is -0.382. The fraction of sp³-hybridized carbons (Fsp3) is 0.524. The number of hydrogen-bond donors (Lipinski definition) is 1. The molecule has 156 valence electrons. The average Bonchev–Trinajstić information content (AvgIpc) is 3.27. The lowest BCUT2D eigenvalue weighted by molar-refractivity contribution is 0.0926. The Hall–Kier alpha value is -2.19. The standard InChI is InChI=1S/C21H27N3O4S/c1-23-14-18(21(26)22-15-7-3-2-4-8-15)20(25)17-13-16(9-10-19(17)23)29(27,28)24-11-5-6-12-24/h9-10,13-15H,2-8,11-12H2,1H3,(H,22,26). The lowest BCUT2D eigenvalue weighted by Gasteiger charge is -2.23. The highest BCUT2D eigenvalue weighted by Crippen LogP contribution is 2.24. The second-order valence-corrected chi connectivity index (χ2v) is 10.0. The molecular formula is C21H27N3O4S. The van der Waals surface area contributed by atoms with Gasteiger partial charge in [0.25, 0.3) is 5.91 Å². The number of benzene rings is 1. The van der Waals surface area contributed by atoms with E-state index in [0.717, 1.165) is 38.5 Å². The zero-order valence-electron chi connectivity index (χ0n) is 16.7. The van der Waals surface area contributed by atoms with Crippen molar-refractivity contribution >= 4 is 26.8 Å². The quantitative estimate of drug-likeness (QED) is 0.827. The minimum atomic E-state index is -3.63. The normalized spacial score (nSPS) is 18.9. The Morgan fingerprint density at radius 2 is 1.76 bits per heavy atom. The van der Waals surface area contributed by atoms with E-state index in [1.54, 1.807) is 17.7 Å². The maximum absolute atomic E-state index is 13.1. The second-order valence-electron chi connectivity index (χ2n) is 8.08.